The minimum atomic E-state index is -1.02. The zero-order chi connectivity index (χ0) is 14.8. The third kappa shape index (κ3) is 5.81. The molecule has 6 heteroatoms. The molecule has 0 aliphatic rings. The first kappa shape index (κ1) is 16.1. The SMILES string of the molecule is COC(=O)C[C@@H](OCOCc1ccccc1)C(=O)OC. The van der Waals surface area contributed by atoms with E-state index in [1.165, 1.54) is 14.2 Å². The maximum absolute atomic E-state index is 11.4. The number of benzene rings is 1. The predicted molar refractivity (Wildman–Crippen MR) is 69.6 cm³/mol. The van der Waals surface area contributed by atoms with E-state index in [4.69, 9.17) is 9.47 Å². The molecule has 0 heterocycles. The van der Waals surface area contributed by atoms with Crippen LogP contribution in [0.2, 0.25) is 0 Å². The third-order valence-electron chi connectivity index (χ3n) is 2.51. The van der Waals surface area contributed by atoms with Gasteiger partial charge in [0, 0.05) is 0 Å². The average molecular weight is 282 g/mol. The van der Waals surface area contributed by atoms with Gasteiger partial charge in [-0.2, -0.15) is 0 Å². The van der Waals surface area contributed by atoms with Crippen LogP contribution in [0.5, 0.6) is 0 Å². The lowest BCUT2D eigenvalue weighted by Gasteiger charge is -2.14. The molecule has 0 aromatic heterocycles. The largest absolute Gasteiger partial charge is 0.469 e. The molecule has 1 aromatic rings. The van der Waals surface area contributed by atoms with Gasteiger partial charge in [-0.15, -0.1) is 0 Å². The lowest BCUT2D eigenvalue weighted by Crippen LogP contribution is -2.29. The summed E-state index contributed by atoms with van der Waals surface area (Å²) >= 11 is 0. The molecule has 0 radical (unpaired) electrons. The normalized spacial score (nSPS) is 11.7. The third-order valence-corrected chi connectivity index (χ3v) is 2.51. The topological polar surface area (TPSA) is 71.1 Å². The fourth-order valence-electron chi connectivity index (χ4n) is 1.44. The Bertz CT molecular complexity index is 417. The standard InChI is InChI=1S/C14H18O6/c1-17-13(15)8-12(14(16)18-2)20-10-19-9-11-6-4-3-5-7-11/h3-7,12H,8-10H2,1-2H3/t12-/m1/s1. The molecule has 1 rings (SSSR count). The van der Waals surface area contributed by atoms with Crippen LogP contribution < -0.4 is 0 Å². The fraction of sp³-hybridized carbons (Fsp3) is 0.429. The van der Waals surface area contributed by atoms with Crippen LogP contribution >= 0.6 is 0 Å². The number of hydrogen-bond donors (Lipinski definition) is 0. The minimum absolute atomic E-state index is 0.119. The highest BCUT2D eigenvalue weighted by Crippen LogP contribution is 2.05. The van der Waals surface area contributed by atoms with E-state index in [0.29, 0.717) is 6.61 Å². The van der Waals surface area contributed by atoms with Gasteiger partial charge in [0.05, 0.1) is 27.2 Å². The zero-order valence-corrected chi connectivity index (χ0v) is 11.5. The Kier molecular flexibility index (Phi) is 7.31. The van der Waals surface area contributed by atoms with Gasteiger partial charge < -0.3 is 18.9 Å². The van der Waals surface area contributed by atoms with E-state index in [0.717, 1.165) is 5.56 Å². The Morgan fingerprint density at radius 2 is 1.80 bits per heavy atom. The second-order valence-corrected chi connectivity index (χ2v) is 3.91. The maximum Gasteiger partial charge on any atom is 0.335 e. The van der Waals surface area contributed by atoms with Crippen molar-refractivity contribution in [2.75, 3.05) is 21.0 Å². The van der Waals surface area contributed by atoms with E-state index in [1.54, 1.807) is 0 Å². The molecule has 0 spiro atoms. The molecule has 110 valence electrons. The number of ether oxygens (including phenoxy) is 4. The van der Waals surface area contributed by atoms with E-state index in [2.05, 4.69) is 9.47 Å². The van der Waals surface area contributed by atoms with Gasteiger partial charge in [-0.25, -0.2) is 4.79 Å². The van der Waals surface area contributed by atoms with Crippen molar-refractivity contribution in [3.05, 3.63) is 35.9 Å². The fourth-order valence-corrected chi connectivity index (χ4v) is 1.44. The molecule has 0 N–H and O–H groups in total. The second-order valence-electron chi connectivity index (χ2n) is 3.91. The van der Waals surface area contributed by atoms with E-state index < -0.39 is 18.0 Å². The second kappa shape index (κ2) is 9.06. The number of carbonyl (C=O) groups is 2. The van der Waals surface area contributed by atoms with Crippen LogP contribution in [0.25, 0.3) is 0 Å². The van der Waals surface area contributed by atoms with Crippen molar-refractivity contribution in [1.29, 1.82) is 0 Å². The van der Waals surface area contributed by atoms with Crippen molar-refractivity contribution >= 4 is 11.9 Å². The highest BCUT2D eigenvalue weighted by atomic mass is 16.7. The molecule has 0 aliphatic carbocycles. The van der Waals surface area contributed by atoms with Gasteiger partial charge in [-0.3, -0.25) is 4.79 Å². The van der Waals surface area contributed by atoms with Crippen molar-refractivity contribution in [3.8, 4) is 0 Å². The van der Waals surface area contributed by atoms with Crippen LogP contribution in [0.4, 0.5) is 0 Å². The molecule has 0 amide bonds. The molecular weight excluding hydrogens is 264 g/mol. The van der Waals surface area contributed by atoms with Gasteiger partial charge in [0.15, 0.2) is 6.10 Å². The molecule has 0 saturated carbocycles. The molecule has 0 fully saturated rings. The first-order valence-electron chi connectivity index (χ1n) is 6.05. The van der Waals surface area contributed by atoms with Crippen molar-refractivity contribution in [3.63, 3.8) is 0 Å². The molecule has 0 unspecified atom stereocenters. The summed E-state index contributed by atoms with van der Waals surface area (Å²) in [5, 5.41) is 0. The van der Waals surface area contributed by atoms with Crippen molar-refractivity contribution in [1.82, 2.24) is 0 Å². The highest BCUT2D eigenvalue weighted by molar-refractivity contribution is 5.81. The van der Waals surface area contributed by atoms with E-state index in [1.807, 2.05) is 30.3 Å². The summed E-state index contributed by atoms with van der Waals surface area (Å²) in [5.41, 5.74) is 0.985. The van der Waals surface area contributed by atoms with Crippen LogP contribution in [0, 0.1) is 0 Å². The molecule has 1 aromatic carbocycles. The summed E-state index contributed by atoms with van der Waals surface area (Å²) in [5.74, 6) is -1.19. The predicted octanol–water partition coefficient (Wildman–Crippen LogP) is 1.28. The van der Waals surface area contributed by atoms with Gasteiger partial charge >= 0.3 is 11.9 Å². The molecular formula is C14H18O6. The summed E-state index contributed by atoms with van der Waals surface area (Å²) in [6.45, 7) is 0.235. The van der Waals surface area contributed by atoms with Crippen LogP contribution in [-0.4, -0.2) is 39.1 Å². The molecule has 0 aliphatic heterocycles. The summed E-state index contributed by atoms with van der Waals surface area (Å²) in [7, 11) is 2.46. The summed E-state index contributed by atoms with van der Waals surface area (Å²) in [6.07, 6.45) is -1.24. The van der Waals surface area contributed by atoms with Crippen molar-refractivity contribution in [2.45, 2.75) is 19.1 Å². The average Bonchev–Trinajstić information content (AvgIpc) is 2.50. The van der Waals surface area contributed by atoms with E-state index in [-0.39, 0.29) is 13.2 Å². The smallest absolute Gasteiger partial charge is 0.335 e. The summed E-state index contributed by atoms with van der Waals surface area (Å²) in [6, 6.07) is 9.52. The van der Waals surface area contributed by atoms with Gasteiger partial charge in [0.1, 0.15) is 6.79 Å². The Labute approximate surface area is 117 Å². The number of carbonyl (C=O) groups excluding carboxylic acids is 2. The quantitative estimate of drug-likeness (QED) is 0.406. The zero-order valence-electron chi connectivity index (χ0n) is 11.5. The van der Waals surface area contributed by atoms with Crippen LogP contribution in [-0.2, 0) is 35.1 Å². The summed E-state index contributed by atoms with van der Waals surface area (Å²) < 4.78 is 19.5. The van der Waals surface area contributed by atoms with E-state index in [9.17, 15) is 9.59 Å². The number of esters is 2. The molecule has 20 heavy (non-hydrogen) atoms. The monoisotopic (exact) mass is 282 g/mol. The highest BCUT2D eigenvalue weighted by Gasteiger charge is 2.24. The van der Waals surface area contributed by atoms with Gasteiger partial charge in [-0.1, -0.05) is 30.3 Å². The Balaban J connectivity index is 2.34. The van der Waals surface area contributed by atoms with Crippen molar-refractivity contribution in [2.24, 2.45) is 0 Å². The first-order chi connectivity index (χ1) is 9.67. The lowest BCUT2D eigenvalue weighted by atomic mass is 10.2. The van der Waals surface area contributed by atoms with Gasteiger partial charge in [0.25, 0.3) is 0 Å². The Morgan fingerprint density at radius 1 is 1.10 bits per heavy atom. The van der Waals surface area contributed by atoms with Crippen LogP contribution in [0.3, 0.4) is 0 Å². The summed E-state index contributed by atoms with van der Waals surface area (Å²) in [4.78, 5) is 22.6. The lowest BCUT2D eigenvalue weighted by molar-refractivity contribution is -0.171. The molecule has 0 bridgehead atoms. The molecule has 1 atom stereocenters. The van der Waals surface area contributed by atoms with Gasteiger partial charge in [0.2, 0.25) is 0 Å². The Hall–Kier alpha value is -1.92. The first-order valence-corrected chi connectivity index (χ1v) is 6.05. The number of methoxy groups -OCH3 is 2. The van der Waals surface area contributed by atoms with Crippen molar-refractivity contribution < 1.29 is 28.5 Å². The Morgan fingerprint density at radius 3 is 2.40 bits per heavy atom. The van der Waals surface area contributed by atoms with Crippen LogP contribution in [0.15, 0.2) is 30.3 Å². The number of hydrogen-bond acceptors (Lipinski definition) is 6. The minimum Gasteiger partial charge on any atom is -0.469 e. The van der Waals surface area contributed by atoms with Crippen LogP contribution in [0.1, 0.15) is 12.0 Å². The number of rotatable bonds is 8. The van der Waals surface area contributed by atoms with Gasteiger partial charge in [-0.05, 0) is 5.56 Å². The van der Waals surface area contributed by atoms with E-state index >= 15 is 0 Å². The molecule has 0 saturated heterocycles. The maximum atomic E-state index is 11.4. The molecule has 6 nitrogen and oxygen atoms in total.